The number of urea groups is 1. The number of pyridine rings is 1. The number of rotatable bonds is 3. The molecule has 2 aromatic rings. The molecule has 2 aliphatic rings. The van der Waals surface area contributed by atoms with Gasteiger partial charge in [-0.2, -0.15) is 5.26 Å². The van der Waals surface area contributed by atoms with E-state index >= 15 is 0 Å². The van der Waals surface area contributed by atoms with Crippen LogP contribution in [0.4, 0.5) is 16.3 Å². The molecule has 1 fully saturated rings. The summed E-state index contributed by atoms with van der Waals surface area (Å²) in [6.45, 7) is 2.95. The predicted molar refractivity (Wildman–Crippen MR) is 103 cm³/mol. The number of aromatic nitrogens is 1. The van der Waals surface area contributed by atoms with Gasteiger partial charge in [-0.05, 0) is 23.6 Å². The number of benzene rings is 1. The fourth-order valence-corrected chi connectivity index (χ4v) is 3.69. The molecule has 2 amide bonds. The van der Waals surface area contributed by atoms with Gasteiger partial charge in [-0.25, -0.2) is 9.78 Å². The van der Waals surface area contributed by atoms with Crippen molar-refractivity contribution in [2.45, 2.75) is 25.6 Å². The molecule has 1 aromatic heterocycles. The number of nitriles is 1. The van der Waals surface area contributed by atoms with Crippen LogP contribution in [0.2, 0.25) is 0 Å². The van der Waals surface area contributed by atoms with E-state index in [1.165, 1.54) is 11.1 Å². The Morgan fingerprint density at radius 2 is 2.04 bits per heavy atom. The summed E-state index contributed by atoms with van der Waals surface area (Å²) < 4.78 is 0. The van der Waals surface area contributed by atoms with E-state index in [-0.39, 0.29) is 12.1 Å². The molecular weight excluding hydrogens is 340 g/mol. The van der Waals surface area contributed by atoms with E-state index in [0.29, 0.717) is 13.1 Å². The first-order valence-corrected chi connectivity index (χ1v) is 9.10. The lowest BCUT2D eigenvalue weighted by Crippen LogP contribution is -2.41. The van der Waals surface area contributed by atoms with Gasteiger partial charge in [0.25, 0.3) is 0 Å². The van der Waals surface area contributed by atoms with Crippen LogP contribution in [-0.2, 0) is 13.1 Å². The van der Waals surface area contributed by atoms with Gasteiger partial charge in [0, 0.05) is 51.2 Å². The Morgan fingerprint density at radius 1 is 1.30 bits per heavy atom. The zero-order valence-corrected chi connectivity index (χ0v) is 15.3. The zero-order valence-electron chi connectivity index (χ0n) is 15.3. The Bertz CT molecular complexity index is 867. The fraction of sp³-hybridized carbons (Fsp3) is 0.350. The number of nitrogens with zero attached hydrogens (tertiary/aromatic N) is 5. The summed E-state index contributed by atoms with van der Waals surface area (Å²) in [4.78, 5) is 22.6. The number of carbonyl (C=O) groups is 1. The first kappa shape index (κ1) is 17.2. The van der Waals surface area contributed by atoms with E-state index in [4.69, 9.17) is 5.26 Å². The zero-order chi connectivity index (χ0) is 18.8. The van der Waals surface area contributed by atoms with Crippen LogP contribution in [0.5, 0.6) is 0 Å². The van der Waals surface area contributed by atoms with Crippen molar-refractivity contribution in [2.24, 2.45) is 0 Å². The van der Waals surface area contributed by atoms with Crippen molar-refractivity contribution in [3.8, 4) is 6.19 Å². The SMILES string of the molecule is CN(C(=O)Nc1ccnc(N2Cc3ccccc3C2)c1)C1CCN(C#N)C1. The van der Waals surface area contributed by atoms with Crippen molar-refractivity contribution in [2.75, 3.05) is 30.4 Å². The first-order chi connectivity index (χ1) is 13.1. The lowest BCUT2D eigenvalue weighted by atomic mass is 10.1. The number of hydrogen-bond donors (Lipinski definition) is 1. The van der Waals surface area contributed by atoms with Gasteiger partial charge in [-0.1, -0.05) is 24.3 Å². The quantitative estimate of drug-likeness (QED) is 0.850. The monoisotopic (exact) mass is 362 g/mol. The van der Waals surface area contributed by atoms with Gasteiger partial charge in [0.15, 0.2) is 6.19 Å². The van der Waals surface area contributed by atoms with Crippen LogP contribution < -0.4 is 10.2 Å². The molecule has 7 heteroatoms. The van der Waals surface area contributed by atoms with Crippen molar-refractivity contribution >= 4 is 17.5 Å². The smallest absolute Gasteiger partial charge is 0.321 e. The highest BCUT2D eigenvalue weighted by Crippen LogP contribution is 2.28. The summed E-state index contributed by atoms with van der Waals surface area (Å²) in [5, 5.41) is 11.9. The first-order valence-electron chi connectivity index (χ1n) is 9.10. The number of carbonyl (C=O) groups excluding carboxylic acids is 1. The summed E-state index contributed by atoms with van der Waals surface area (Å²) in [6, 6.07) is 12.0. The van der Waals surface area contributed by atoms with Crippen LogP contribution in [0.25, 0.3) is 0 Å². The molecule has 27 heavy (non-hydrogen) atoms. The second-order valence-electron chi connectivity index (χ2n) is 7.06. The van der Waals surface area contributed by atoms with Gasteiger partial charge in [-0.3, -0.25) is 0 Å². The average molecular weight is 362 g/mol. The Morgan fingerprint density at radius 3 is 2.70 bits per heavy atom. The third-order valence-corrected chi connectivity index (χ3v) is 5.33. The number of hydrogen-bond acceptors (Lipinski definition) is 5. The van der Waals surface area contributed by atoms with Gasteiger partial charge in [-0.15, -0.1) is 0 Å². The summed E-state index contributed by atoms with van der Waals surface area (Å²) in [7, 11) is 1.78. The van der Waals surface area contributed by atoms with Crippen molar-refractivity contribution in [1.29, 1.82) is 5.26 Å². The second-order valence-corrected chi connectivity index (χ2v) is 7.06. The lowest BCUT2D eigenvalue weighted by Gasteiger charge is -2.24. The number of nitrogens with one attached hydrogen (secondary N) is 1. The minimum atomic E-state index is -0.165. The van der Waals surface area contributed by atoms with Gasteiger partial charge in [0.2, 0.25) is 0 Å². The molecule has 0 radical (unpaired) electrons. The summed E-state index contributed by atoms with van der Waals surface area (Å²) >= 11 is 0. The molecule has 0 aliphatic carbocycles. The Balaban J connectivity index is 1.41. The highest BCUT2D eigenvalue weighted by atomic mass is 16.2. The Labute approximate surface area is 158 Å². The summed E-state index contributed by atoms with van der Waals surface area (Å²) in [5.41, 5.74) is 3.36. The summed E-state index contributed by atoms with van der Waals surface area (Å²) in [6.07, 6.45) is 4.68. The lowest BCUT2D eigenvalue weighted by molar-refractivity contribution is 0.205. The summed E-state index contributed by atoms with van der Waals surface area (Å²) in [5.74, 6) is 0.850. The van der Waals surface area contributed by atoms with Crippen LogP contribution in [0, 0.1) is 11.5 Å². The molecule has 1 saturated heterocycles. The molecule has 0 spiro atoms. The molecular formula is C20H22N6O. The number of fused-ring (bicyclic) bond motifs is 1. The largest absolute Gasteiger partial charge is 0.348 e. The number of anilines is 2. The topological polar surface area (TPSA) is 75.5 Å². The van der Waals surface area contributed by atoms with E-state index in [9.17, 15) is 4.79 Å². The molecule has 0 saturated carbocycles. The van der Waals surface area contributed by atoms with Crippen LogP contribution >= 0.6 is 0 Å². The molecule has 2 aliphatic heterocycles. The van der Waals surface area contributed by atoms with Crippen LogP contribution in [0.1, 0.15) is 17.5 Å². The van der Waals surface area contributed by atoms with Gasteiger partial charge >= 0.3 is 6.03 Å². The molecule has 1 atom stereocenters. The molecule has 4 rings (SSSR count). The predicted octanol–water partition coefficient (Wildman–Crippen LogP) is 2.62. The highest BCUT2D eigenvalue weighted by Gasteiger charge is 2.28. The number of likely N-dealkylation sites (tertiary alicyclic amines) is 1. The van der Waals surface area contributed by atoms with Crippen molar-refractivity contribution in [1.82, 2.24) is 14.8 Å². The highest BCUT2D eigenvalue weighted by molar-refractivity contribution is 5.89. The van der Waals surface area contributed by atoms with Crippen molar-refractivity contribution in [3.63, 3.8) is 0 Å². The molecule has 0 bridgehead atoms. The maximum atomic E-state index is 12.6. The van der Waals surface area contributed by atoms with Gasteiger partial charge < -0.3 is 20.0 Å². The molecule has 1 aromatic carbocycles. The van der Waals surface area contributed by atoms with Crippen molar-refractivity contribution < 1.29 is 4.79 Å². The van der Waals surface area contributed by atoms with Crippen LogP contribution in [0.3, 0.4) is 0 Å². The van der Waals surface area contributed by atoms with Crippen molar-refractivity contribution in [3.05, 3.63) is 53.7 Å². The van der Waals surface area contributed by atoms with E-state index in [2.05, 4.69) is 45.7 Å². The molecule has 1 N–H and O–H groups in total. The normalized spacial score (nSPS) is 18.1. The minimum absolute atomic E-state index is 0.0547. The maximum Gasteiger partial charge on any atom is 0.321 e. The fourth-order valence-electron chi connectivity index (χ4n) is 3.69. The van der Waals surface area contributed by atoms with Crippen LogP contribution in [0.15, 0.2) is 42.6 Å². The van der Waals surface area contributed by atoms with E-state index in [0.717, 1.165) is 31.0 Å². The van der Waals surface area contributed by atoms with E-state index in [1.54, 1.807) is 29.1 Å². The third-order valence-electron chi connectivity index (χ3n) is 5.33. The average Bonchev–Trinajstić information content (AvgIpc) is 3.34. The Kier molecular flexibility index (Phi) is 4.55. The molecule has 1 unspecified atom stereocenters. The second kappa shape index (κ2) is 7.16. The standard InChI is InChI=1S/C20H22N6O/c1-24(18-7-9-25(13-18)14-21)20(27)23-17-6-8-22-19(10-17)26-11-15-4-2-3-5-16(15)12-26/h2-6,8,10,18H,7,9,11-13H2,1H3,(H,22,23,27). The third kappa shape index (κ3) is 3.51. The van der Waals surface area contributed by atoms with E-state index in [1.807, 2.05) is 6.07 Å². The maximum absolute atomic E-state index is 12.6. The molecule has 138 valence electrons. The molecule has 7 nitrogen and oxygen atoms in total. The number of likely N-dealkylation sites (N-methyl/N-ethyl adjacent to an activating group) is 1. The van der Waals surface area contributed by atoms with E-state index < -0.39 is 0 Å². The number of amides is 2. The minimum Gasteiger partial charge on any atom is -0.348 e. The molecule has 3 heterocycles. The van der Waals surface area contributed by atoms with Crippen LogP contribution in [-0.4, -0.2) is 47.0 Å². The Hall–Kier alpha value is -3.27. The van der Waals surface area contributed by atoms with Gasteiger partial charge in [0.05, 0.1) is 6.04 Å². The van der Waals surface area contributed by atoms with Gasteiger partial charge in [0.1, 0.15) is 5.82 Å².